The van der Waals surface area contributed by atoms with E-state index < -0.39 is 9.84 Å². The fraction of sp³-hybridized carbons (Fsp3) is 0.235. The SMILES string of the molecule is CS(=O)(=O)c1cccc2c1CC(=CCCBr)c1cccnc1O2. The summed E-state index contributed by atoms with van der Waals surface area (Å²) in [6.07, 6.45) is 6.35. The first-order valence-corrected chi connectivity index (χ1v) is 10.2. The van der Waals surface area contributed by atoms with Gasteiger partial charge in [-0.15, -0.1) is 0 Å². The molecule has 0 fully saturated rings. The molecule has 0 N–H and O–H groups in total. The number of sulfone groups is 1. The molecule has 1 aromatic heterocycles. The average molecular weight is 394 g/mol. The minimum Gasteiger partial charge on any atom is -0.438 e. The molecule has 1 aliphatic heterocycles. The Morgan fingerprint density at radius 2 is 2.13 bits per heavy atom. The van der Waals surface area contributed by atoms with Crippen molar-refractivity contribution in [1.29, 1.82) is 0 Å². The van der Waals surface area contributed by atoms with Gasteiger partial charge in [0.1, 0.15) is 5.75 Å². The second kappa shape index (κ2) is 6.45. The molecule has 0 bridgehead atoms. The summed E-state index contributed by atoms with van der Waals surface area (Å²) in [6.45, 7) is 0. The van der Waals surface area contributed by atoms with Crippen LogP contribution in [0.3, 0.4) is 0 Å². The summed E-state index contributed by atoms with van der Waals surface area (Å²) in [5, 5.41) is 0.841. The molecule has 120 valence electrons. The van der Waals surface area contributed by atoms with E-state index in [0.29, 0.717) is 28.5 Å². The number of benzene rings is 1. The molecule has 1 aromatic carbocycles. The zero-order valence-electron chi connectivity index (χ0n) is 12.6. The van der Waals surface area contributed by atoms with Crippen LogP contribution >= 0.6 is 15.9 Å². The third-order valence-electron chi connectivity index (χ3n) is 3.68. The van der Waals surface area contributed by atoms with Gasteiger partial charge in [-0.05, 0) is 36.3 Å². The second-order valence-corrected chi connectivity index (χ2v) is 8.12. The smallest absolute Gasteiger partial charge is 0.226 e. The highest BCUT2D eigenvalue weighted by Gasteiger charge is 2.24. The van der Waals surface area contributed by atoms with Gasteiger partial charge in [-0.1, -0.05) is 28.1 Å². The Morgan fingerprint density at radius 3 is 2.87 bits per heavy atom. The van der Waals surface area contributed by atoms with Crippen molar-refractivity contribution in [1.82, 2.24) is 4.98 Å². The average Bonchev–Trinajstić information content (AvgIpc) is 2.67. The first-order chi connectivity index (χ1) is 11.0. The minimum atomic E-state index is -3.33. The summed E-state index contributed by atoms with van der Waals surface area (Å²) in [5.41, 5.74) is 2.63. The number of rotatable bonds is 3. The molecule has 2 heterocycles. The van der Waals surface area contributed by atoms with Crippen molar-refractivity contribution in [3.05, 3.63) is 53.7 Å². The van der Waals surface area contributed by atoms with Gasteiger partial charge in [0, 0.05) is 35.3 Å². The molecular formula is C17H16BrNO3S. The van der Waals surface area contributed by atoms with E-state index >= 15 is 0 Å². The number of allylic oxidation sites excluding steroid dienone is 2. The molecule has 1 aliphatic rings. The lowest BCUT2D eigenvalue weighted by atomic mass is 9.98. The minimum absolute atomic E-state index is 0.313. The van der Waals surface area contributed by atoms with Gasteiger partial charge in [0.25, 0.3) is 0 Å². The number of alkyl halides is 1. The van der Waals surface area contributed by atoms with Crippen LogP contribution < -0.4 is 4.74 Å². The van der Waals surface area contributed by atoms with Crippen molar-refractivity contribution >= 4 is 31.3 Å². The van der Waals surface area contributed by atoms with Crippen LogP contribution in [-0.4, -0.2) is 25.0 Å². The number of hydrogen-bond donors (Lipinski definition) is 0. The van der Waals surface area contributed by atoms with Crippen LogP contribution in [0.4, 0.5) is 0 Å². The summed E-state index contributed by atoms with van der Waals surface area (Å²) in [4.78, 5) is 4.62. The third-order valence-corrected chi connectivity index (χ3v) is 5.32. The predicted molar refractivity (Wildman–Crippen MR) is 94.0 cm³/mol. The first kappa shape index (κ1) is 16.2. The van der Waals surface area contributed by atoms with Crippen LogP contribution in [0.1, 0.15) is 17.5 Å². The molecule has 0 saturated heterocycles. The lowest BCUT2D eigenvalue weighted by Gasteiger charge is -2.10. The zero-order chi connectivity index (χ0) is 16.4. The molecule has 0 spiro atoms. The highest BCUT2D eigenvalue weighted by Crippen LogP contribution is 2.40. The van der Waals surface area contributed by atoms with Crippen molar-refractivity contribution in [3.63, 3.8) is 0 Å². The lowest BCUT2D eigenvalue weighted by molar-refractivity contribution is 0.458. The topological polar surface area (TPSA) is 56.3 Å². The zero-order valence-corrected chi connectivity index (χ0v) is 15.0. The Balaban J connectivity index is 2.22. The Bertz CT molecular complexity index is 875. The standard InChI is InChI=1S/C17H16BrNO3S/c1-23(20,21)16-8-2-7-15-14(16)11-12(5-3-9-18)13-6-4-10-19-17(13)22-15/h2,4-8,10H,3,9,11H2,1H3. The van der Waals surface area contributed by atoms with E-state index in [1.54, 1.807) is 24.4 Å². The lowest BCUT2D eigenvalue weighted by Crippen LogP contribution is -2.03. The van der Waals surface area contributed by atoms with Crippen molar-refractivity contribution in [3.8, 4) is 11.6 Å². The quantitative estimate of drug-likeness (QED) is 0.739. The van der Waals surface area contributed by atoms with Gasteiger partial charge >= 0.3 is 0 Å². The van der Waals surface area contributed by atoms with E-state index in [2.05, 4.69) is 27.0 Å². The van der Waals surface area contributed by atoms with Crippen LogP contribution in [-0.2, 0) is 16.3 Å². The van der Waals surface area contributed by atoms with E-state index in [4.69, 9.17) is 4.74 Å². The number of pyridine rings is 1. The van der Waals surface area contributed by atoms with Crippen LogP contribution in [0.2, 0.25) is 0 Å². The Kier molecular flexibility index (Phi) is 4.55. The summed E-state index contributed by atoms with van der Waals surface area (Å²) in [6, 6.07) is 8.93. The van der Waals surface area contributed by atoms with Gasteiger partial charge in [-0.3, -0.25) is 0 Å². The van der Waals surface area contributed by atoms with Crippen molar-refractivity contribution in [2.45, 2.75) is 17.7 Å². The van der Waals surface area contributed by atoms with E-state index in [1.807, 2.05) is 12.1 Å². The summed E-state index contributed by atoms with van der Waals surface area (Å²) >= 11 is 3.43. The largest absolute Gasteiger partial charge is 0.438 e. The normalized spacial score (nSPS) is 15.5. The Labute approximate surface area is 144 Å². The number of ether oxygens (including phenoxy) is 1. The van der Waals surface area contributed by atoms with Gasteiger partial charge in [0.2, 0.25) is 5.88 Å². The molecule has 0 amide bonds. The summed E-state index contributed by atoms with van der Waals surface area (Å²) in [7, 11) is -3.33. The highest BCUT2D eigenvalue weighted by atomic mass is 79.9. The highest BCUT2D eigenvalue weighted by molar-refractivity contribution is 9.09. The molecule has 0 aliphatic carbocycles. The molecule has 0 saturated carbocycles. The molecule has 23 heavy (non-hydrogen) atoms. The number of nitrogens with zero attached hydrogens (tertiary/aromatic N) is 1. The predicted octanol–water partition coefficient (Wildman–Crippen LogP) is 4.00. The third kappa shape index (κ3) is 3.33. The molecule has 0 atom stereocenters. The van der Waals surface area contributed by atoms with E-state index in [0.717, 1.165) is 22.9 Å². The van der Waals surface area contributed by atoms with Crippen LogP contribution in [0.5, 0.6) is 11.6 Å². The number of aromatic nitrogens is 1. The summed E-state index contributed by atoms with van der Waals surface area (Å²) in [5.74, 6) is 1.06. The fourth-order valence-electron chi connectivity index (χ4n) is 2.68. The molecule has 0 unspecified atom stereocenters. The first-order valence-electron chi connectivity index (χ1n) is 7.21. The van der Waals surface area contributed by atoms with Crippen molar-refractivity contribution in [2.24, 2.45) is 0 Å². The van der Waals surface area contributed by atoms with Crippen LogP contribution in [0.25, 0.3) is 5.57 Å². The van der Waals surface area contributed by atoms with Crippen LogP contribution in [0.15, 0.2) is 47.5 Å². The molecule has 2 aromatic rings. The van der Waals surface area contributed by atoms with E-state index in [1.165, 1.54) is 6.26 Å². The monoisotopic (exact) mass is 393 g/mol. The van der Waals surface area contributed by atoms with E-state index in [-0.39, 0.29) is 0 Å². The molecule has 0 radical (unpaired) electrons. The van der Waals surface area contributed by atoms with Gasteiger partial charge < -0.3 is 4.74 Å². The number of fused-ring (bicyclic) bond motifs is 2. The maximum Gasteiger partial charge on any atom is 0.226 e. The van der Waals surface area contributed by atoms with E-state index in [9.17, 15) is 8.42 Å². The molecule has 4 nitrogen and oxygen atoms in total. The summed E-state index contributed by atoms with van der Waals surface area (Å²) < 4.78 is 30.1. The van der Waals surface area contributed by atoms with Gasteiger partial charge in [0.15, 0.2) is 9.84 Å². The Morgan fingerprint density at radius 1 is 1.30 bits per heavy atom. The molecule has 6 heteroatoms. The fourth-order valence-corrected chi connectivity index (χ4v) is 3.86. The maximum absolute atomic E-state index is 12.1. The number of hydrogen-bond acceptors (Lipinski definition) is 4. The van der Waals surface area contributed by atoms with Crippen LogP contribution in [0, 0.1) is 0 Å². The Hall–Kier alpha value is -1.66. The van der Waals surface area contributed by atoms with Gasteiger partial charge in [-0.25, -0.2) is 13.4 Å². The van der Waals surface area contributed by atoms with Crippen molar-refractivity contribution in [2.75, 3.05) is 11.6 Å². The second-order valence-electron chi connectivity index (χ2n) is 5.35. The maximum atomic E-state index is 12.1. The molecular weight excluding hydrogens is 378 g/mol. The van der Waals surface area contributed by atoms with Crippen molar-refractivity contribution < 1.29 is 13.2 Å². The van der Waals surface area contributed by atoms with Gasteiger partial charge in [0.05, 0.1) is 4.90 Å². The molecule has 3 rings (SSSR count). The number of halogens is 1. The van der Waals surface area contributed by atoms with Gasteiger partial charge in [-0.2, -0.15) is 0 Å².